The molecule has 1 aliphatic rings. The highest BCUT2D eigenvalue weighted by Gasteiger charge is 2.18. The van der Waals surface area contributed by atoms with Crippen LogP contribution in [0.25, 0.3) is 0 Å². The summed E-state index contributed by atoms with van der Waals surface area (Å²) < 4.78 is 5.59. The molecular formula is C14H22N2O. The van der Waals surface area contributed by atoms with Crippen LogP contribution in [0.5, 0.6) is 0 Å². The monoisotopic (exact) mass is 234 g/mol. The van der Waals surface area contributed by atoms with Crippen LogP contribution in [0, 0.1) is 0 Å². The zero-order chi connectivity index (χ0) is 12.1. The molecule has 1 aromatic rings. The molecule has 0 fully saturated rings. The third-order valence-electron chi connectivity index (χ3n) is 3.37. The van der Waals surface area contributed by atoms with E-state index in [1.54, 1.807) is 0 Å². The fraction of sp³-hybridized carbons (Fsp3) is 0.571. The van der Waals surface area contributed by atoms with Gasteiger partial charge in [-0.05, 0) is 31.4 Å². The smallest absolute Gasteiger partial charge is 0.0713 e. The molecule has 0 spiro atoms. The predicted octanol–water partition coefficient (Wildman–Crippen LogP) is 1.80. The molecule has 1 heterocycles. The molecule has 0 saturated carbocycles. The van der Waals surface area contributed by atoms with Gasteiger partial charge < -0.3 is 15.4 Å². The Morgan fingerprint density at radius 2 is 2.24 bits per heavy atom. The van der Waals surface area contributed by atoms with Gasteiger partial charge in [-0.3, -0.25) is 0 Å². The van der Waals surface area contributed by atoms with Crippen LogP contribution < -0.4 is 10.6 Å². The van der Waals surface area contributed by atoms with Crippen LogP contribution in [-0.4, -0.2) is 32.3 Å². The Hall–Kier alpha value is -1.06. The maximum absolute atomic E-state index is 5.69. The molecule has 0 bridgehead atoms. The summed E-state index contributed by atoms with van der Waals surface area (Å²) in [5, 5.41) is 0. The van der Waals surface area contributed by atoms with Gasteiger partial charge in [0, 0.05) is 31.9 Å². The van der Waals surface area contributed by atoms with Crippen LogP contribution in [0.4, 0.5) is 5.69 Å². The van der Waals surface area contributed by atoms with Crippen molar-refractivity contribution in [3.63, 3.8) is 0 Å². The van der Waals surface area contributed by atoms with E-state index in [-0.39, 0.29) is 6.10 Å². The second-order valence-electron chi connectivity index (χ2n) is 4.47. The Kier molecular flexibility index (Phi) is 4.40. The maximum atomic E-state index is 5.69. The van der Waals surface area contributed by atoms with E-state index in [1.807, 2.05) is 6.92 Å². The van der Waals surface area contributed by atoms with Crippen LogP contribution in [0.1, 0.15) is 18.9 Å². The van der Waals surface area contributed by atoms with Crippen molar-refractivity contribution in [1.82, 2.24) is 0 Å². The lowest BCUT2D eigenvalue weighted by Crippen LogP contribution is -2.30. The summed E-state index contributed by atoms with van der Waals surface area (Å²) in [7, 11) is 0. The van der Waals surface area contributed by atoms with Crippen molar-refractivity contribution in [2.45, 2.75) is 25.9 Å². The van der Waals surface area contributed by atoms with Crippen molar-refractivity contribution in [1.29, 1.82) is 0 Å². The van der Waals surface area contributed by atoms with Gasteiger partial charge in [-0.25, -0.2) is 0 Å². The van der Waals surface area contributed by atoms with Gasteiger partial charge in [0.15, 0.2) is 0 Å². The van der Waals surface area contributed by atoms with Crippen molar-refractivity contribution in [2.24, 2.45) is 5.73 Å². The quantitative estimate of drug-likeness (QED) is 0.815. The van der Waals surface area contributed by atoms with Gasteiger partial charge in [0.25, 0.3) is 0 Å². The normalized spacial score (nSPS) is 16.0. The summed E-state index contributed by atoms with van der Waals surface area (Å²) >= 11 is 0. The van der Waals surface area contributed by atoms with Gasteiger partial charge in [0.1, 0.15) is 0 Å². The third kappa shape index (κ3) is 2.99. The summed E-state index contributed by atoms with van der Waals surface area (Å²) in [4.78, 5) is 2.44. The molecule has 1 aromatic carbocycles. The number of hydrogen-bond acceptors (Lipinski definition) is 3. The average molecular weight is 234 g/mol. The molecule has 94 valence electrons. The molecule has 1 unspecified atom stereocenters. The molecule has 0 aliphatic carbocycles. The van der Waals surface area contributed by atoms with E-state index in [4.69, 9.17) is 10.5 Å². The molecular weight excluding hydrogens is 212 g/mol. The zero-order valence-corrected chi connectivity index (χ0v) is 10.6. The van der Waals surface area contributed by atoms with Crippen LogP contribution in [0.15, 0.2) is 24.3 Å². The second kappa shape index (κ2) is 6.03. The second-order valence-corrected chi connectivity index (χ2v) is 4.47. The standard InChI is InChI=1S/C14H22N2O/c1-2-17-13(11-15)8-10-16-9-7-12-5-3-4-6-14(12)16/h3-6,13H,2,7-11,15H2,1H3. The molecule has 0 saturated heterocycles. The molecule has 17 heavy (non-hydrogen) atoms. The molecule has 0 amide bonds. The summed E-state index contributed by atoms with van der Waals surface area (Å²) in [6, 6.07) is 8.66. The first-order valence-corrected chi connectivity index (χ1v) is 6.49. The van der Waals surface area contributed by atoms with Crippen molar-refractivity contribution in [3.8, 4) is 0 Å². The number of fused-ring (bicyclic) bond motifs is 1. The van der Waals surface area contributed by atoms with Gasteiger partial charge >= 0.3 is 0 Å². The van der Waals surface area contributed by atoms with Gasteiger partial charge in [-0.2, -0.15) is 0 Å². The highest BCUT2D eigenvalue weighted by atomic mass is 16.5. The Morgan fingerprint density at radius 1 is 1.41 bits per heavy atom. The fourth-order valence-electron chi connectivity index (χ4n) is 2.44. The Balaban J connectivity index is 1.89. The molecule has 1 aliphatic heterocycles. The lowest BCUT2D eigenvalue weighted by Gasteiger charge is -2.22. The molecule has 0 radical (unpaired) electrons. The highest BCUT2D eigenvalue weighted by molar-refractivity contribution is 5.57. The maximum Gasteiger partial charge on any atom is 0.0713 e. The van der Waals surface area contributed by atoms with Crippen molar-refractivity contribution in [3.05, 3.63) is 29.8 Å². The number of rotatable bonds is 6. The summed E-state index contributed by atoms with van der Waals surface area (Å²) in [6.45, 7) is 5.55. The zero-order valence-electron chi connectivity index (χ0n) is 10.6. The molecule has 1 atom stereocenters. The summed E-state index contributed by atoms with van der Waals surface area (Å²) in [6.07, 6.45) is 2.38. The van der Waals surface area contributed by atoms with E-state index < -0.39 is 0 Å². The number of nitrogens with zero attached hydrogens (tertiary/aromatic N) is 1. The first-order chi connectivity index (χ1) is 8.35. The van der Waals surface area contributed by atoms with E-state index in [0.29, 0.717) is 6.54 Å². The van der Waals surface area contributed by atoms with Crippen LogP contribution >= 0.6 is 0 Å². The van der Waals surface area contributed by atoms with Crippen LogP contribution in [-0.2, 0) is 11.2 Å². The van der Waals surface area contributed by atoms with E-state index in [0.717, 1.165) is 32.5 Å². The SMILES string of the molecule is CCOC(CN)CCN1CCc2ccccc21. The number of nitrogens with two attached hydrogens (primary N) is 1. The van der Waals surface area contributed by atoms with Crippen molar-refractivity contribution in [2.75, 3.05) is 31.1 Å². The van der Waals surface area contributed by atoms with E-state index in [1.165, 1.54) is 11.3 Å². The van der Waals surface area contributed by atoms with E-state index in [2.05, 4.69) is 29.2 Å². The van der Waals surface area contributed by atoms with Crippen molar-refractivity contribution < 1.29 is 4.74 Å². The minimum Gasteiger partial charge on any atom is -0.377 e. The van der Waals surface area contributed by atoms with E-state index in [9.17, 15) is 0 Å². The number of hydrogen-bond donors (Lipinski definition) is 1. The molecule has 3 nitrogen and oxygen atoms in total. The largest absolute Gasteiger partial charge is 0.377 e. The van der Waals surface area contributed by atoms with Gasteiger partial charge in [0.05, 0.1) is 6.10 Å². The third-order valence-corrected chi connectivity index (χ3v) is 3.37. The topological polar surface area (TPSA) is 38.5 Å². The first-order valence-electron chi connectivity index (χ1n) is 6.49. The van der Waals surface area contributed by atoms with Gasteiger partial charge in [0.2, 0.25) is 0 Å². The molecule has 3 heteroatoms. The van der Waals surface area contributed by atoms with Crippen LogP contribution in [0.3, 0.4) is 0 Å². The van der Waals surface area contributed by atoms with Gasteiger partial charge in [-0.1, -0.05) is 18.2 Å². The Bertz CT molecular complexity index is 354. The molecule has 0 aromatic heterocycles. The highest BCUT2D eigenvalue weighted by Crippen LogP contribution is 2.27. The summed E-state index contributed by atoms with van der Waals surface area (Å²) in [5.74, 6) is 0. The molecule has 2 N–H and O–H groups in total. The molecule has 2 rings (SSSR count). The minimum atomic E-state index is 0.202. The summed E-state index contributed by atoms with van der Waals surface area (Å²) in [5.41, 5.74) is 8.55. The number of para-hydroxylation sites is 1. The van der Waals surface area contributed by atoms with Crippen molar-refractivity contribution >= 4 is 5.69 Å². The number of ether oxygens (including phenoxy) is 1. The average Bonchev–Trinajstić information content (AvgIpc) is 2.78. The Morgan fingerprint density at radius 3 is 3.00 bits per heavy atom. The minimum absolute atomic E-state index is 0.202. The fourth-order valence-corrected chi connectivity index (χ4v) is 2.44. The van der Waals surface area contributed by atoms with Crippen LogP contribution in [0.2, 0.25) is 0 Å². The van der Waals surface area contributed by atoms with E-state index >= 15 is 0 Å². The Labute approximate surface area is 104 Å². The lowest BCUT2D eigenvalue weighted by molar-refractivity contribution is 0.0645. The number of benzene rings is 1. The first kappa shape index (κ1) is 12.4. The van der Waals surface area contributed by atoms with Gasteiger partial charge in [-0.15, -0.1) is 0 Å². The predicted molar refractivity (Wildman–Crippen MR) is 71.4 cm³/mol. The number of anilines is 1. The lowest BCUT2D eigenvalue weighted by atomic mass is 10.2.